The Hall–Kier alpha value is -2.93. The van der Waals surface area contributed by atoms with Gasteiger partial charge in [0.15, 0.2) is 5.69 Å². The molecule has 1 aliphatic rings. The summed E-state index contributed by atoms with van der Waals surface area (Å²) >= 11 is 0. The fourth-order valence-electron chi connectivity index (χ4n) is 3.12. The molecular formula is C18H19N5O2. The molecule has 2 aromatic heterocycles. The van der Waals surface area contributed by atoms with Gasteiger partial charge in [-0.05, 0) is 19.1 Å². The molecule has 3 aromatic rings. The fraction of sp³-hybridized carbons (Fsp3) is 0.278. The SMILES string of the molecule is CCOC(=O)c1nn(-c2nccn2-c2ccccc2)c2c1CNCC2. The van der Waals surface area contributed by atoms with Gasteiger partial charge in [0.1, 0.15) is 0 Å². The number of imidazole rings is 1. The van der Waals surface area contributed by atoms with Gasteiger partial charge in [-0.3, -0.25) is 4.57 Å². The van der Waals surface area contributed by atoms with E-state index in [1.54, 1.807) is 17.8 Å². The molecule has 0 radical (unpaired) electrons. The molecule has 0 saturated heterocycles. The molecular weight excluding hydrogens is 318 g/mol. The van der Waals surface area contributed by atoms with E-state index in [9.17, 15) is 4.79 Å². The molecule has 0 spiro atoms. The highest BCUT2D eigenvalue weighted by atomic mass is 16.5. The first-order chi connectivity index (χ1) is 12.3. The van der Waals surface area contributed by atoms with Crippen LogP contribution in [0.5, 0.6) is 0 Å². The largest absolute Gasteiger partial charge is 0.461 e. The van der Waals surface area contributed by atoms with Crippen molar-refractivity contribution >= 4 is 5.97 Å². The summed E-state index contributed by atoms with van der Waals surface area (Å²) in [6, 6.07) is 9.95. The third-order valence-electron chi connectivity index (χ3n) is 4.24. The number of para-hydroxylation sites is 1. The second-order valence-corrected chi connectivity index (χ2v) is 5.77. The monoisotopic (exact) mass is 337 g/mol. The van der Waals surface area contributed by atoms with Gasteiger partial charge in [-0.2, -0.15) is 5.10 Å². The van der Waals surface area contributed by atoms with Crippen LogP contribution in [-0.4, -0.2) is 38.5 Å². The zero-order chi connectivity index (χ0) is 17.2. The maximum atomic E-state index is 12.3. The molecule has 1 aliphatic heterocycles. The summed E-state index contributed by atoms with van der Waals surface area (Å²) in [5.74, 6) is 0.277. The Morgan fingerprint density at radius 1 is 1.32 bits per heavy atom. The maximum absolute atomic E-state index is 12.3. The number of carbonyl (C=O) groups excluding carboxylic acids is 1. The highest BCUT2D eigenvalue weighted by molar-refractivity contribution is 5.89. The van der Waals surface area contributed by atoms with Crippen LogP contribution in [0.25, 0.3) is 11.6 Å². The van der Waals surface area contributed by atoms with Gasteiger partial charge < -0.3 is 10.1 Å². The third kappa shape index (κ3) is 2.72. The van der Waals surface area contributed by atoms with Crippen molar-refractivity contribution in [3.8, 4) is 11.6 Å². The third-order valence-corrected chi connectivity index (χ3v) is 4.24. The quantitative estimate of drug-likeness (QED) is 0.736. The number of aromatic nitrogens is 4. The molecule has 0 fully saturated rings. The van der Waals surface area contributed by atoms with Gasteiger partial charge in [0.2, 0.25) is 5.95 Å². The Kier molecular flexibility index (Phi) is 4.07. The lowest BCUT2D eigenvalue weighted by Crippen LogP contribution is -2.26. The van der Waals surface area contributed by atoms with Gasteiger partial charge in [-0.25, -0.2) is 14.5 Å². The number of nitrogens with zero attached hydrogens (tertiary/aromatic N) is 4. The Bertz CT molecular complexity index is 898. The maximum Gasteiger partial charge on any atom is 0.359 e. The lowest BCUT2D eigenvalue weighted by molar-refractivity contribution is 0.0517. The molecule has 0 atom stereocenters. The number of benzene rings is 1. The Morgan fingerprint density at radius 2 is 2.16 bits per heavy atom. The molecule has 4 rings (SSSR count). The number of rotatable bonds is 4. The van der Waals surface area contributed by atoms with Crippen molar-refractivity contribution < 1.29 is 9.53 Å². The smallest absolute Gasteiger partial charge is 0.359 e. The van der Waals surface area contributed by atoms with E-state index >= 15 is 0 Å². The van der Waals surface area contributed by atoms with E-state index in [1.165, 1.54) is 0 Å². The van der Waals surface area contributed by atoms with Crippen LogP contribution in [0.2, 0.25) is 0 Å². The van der Waals surface area contributed by atoms with E-state index in [2.05, 4.69) is 15.4 Å². The molecule has 7 heteroatoms. The summed E-state index contributed by atoms with van der Waals surface area (Å²) in [6.45, 7) is 3.57. The molecule has 1 aromatic carbocycles. The van der Waals surface area contributed by atoms with Crippen LogP contribution < -0.4 is 5.32 Å². The van der Waals surface area contributed by atoms with Crippen LogP contribution in [0.1, 0.15) is 28.7 Å². The summed E-state index contributed by atoms with van der Waals surface area (Å²) in [7, 11) is 0. The van der Waals surface area contributed by atoms with Crippen molar-refractivity contribution in [2.45, 2.75) is 19.9 Å². The molecule has 128 valence electrons. The highest BCUT2D eigenvalue weighted by Crippen LogP contribution is 2.23. The topological polar surface area (TPSA) is 74.0 Å². The van der Waals surface area contributed by atoms with Crippen molar-refractivity contribution in [1.82, 2.24) is 24.6 Å². The first kappa shape index (κ1) is 15.6. The minimum atomic E-state index is -0.390. The molecule has 0 unspecified atom stereocenters. The number of fused-ring (bicyclic) bond motifs is 1. The molecule has 0 amide bonds. The van der Waals surface area contributed by atoms with Gasteiger partial charge in [0.25, 0.3) is 0 Å². The van der Waals surface area contributed by atoms with Crippen molar-refractivity contribution in [2.24, 2.45) is 0 Å². The molecule has 3 heterocycles. The number of nitrogens with one attached hydrogen (secondary N) is 1. The van der Waals surface area contributed by atoms with Crippen LogP contribution in [0.15, 0.2) is 42.7 Å². The van der Waals surface area contributed by atoms with E-state index < -0.39 is 0 Å². The van der Waals surface area contributed by atoms with Gasteiger partial charge >= 0.3 is 5.97 Å². The molecule has 0 saturated carbocycles. The molecule has 1 N–H and O–H groups in total. The molecule has 0 aliphatic carbocycles. The minimum Gasteiger partial charge on any atom is -0.461 e. The average molecular weight is 337 g/mol. The van der Waals surface area contributed by atoms with Crippen molar-refractivity contribution in [3.05, 3.63) is 59.7 Å². The first-order valence-corrected chi connectivity index (χ1v) is 8.37. The predicted octanol–water partition coefficient (Wildman–Crippen LogP) is 1.88. The van der Waals surface area contributed by atoms with Crippen molar-refractivity contribution in [2.75, 3.05) is 13.2 Å². The van der Waals surface area contributed by atoms with Gasteiger partial charge in [0, 0.05) is 43.2 Å². The lowest BCUT2D eigenvalue weighted by Gasteiger charge is -2.15. The Labute approximate surface area is 145 Å². The molecule has 7 nitrogen and oxygen atoms in total. The summed E-state index contributed by atoms with van der Waals surface area (Å²) in [5, 5.41) is 7.85. The van der Waals surface area contributed by atoms with Gasteiger partial charge in [-0.15, -0.1) is 0 Å². The number of hydrogen-bond donors (Lipinski definition) is 1. The van der Waals surface area contributed by atoms with Crippen LogP contribution in [0.3, 0.4) is 0 Å². The number of ether oxygens (including phenoxy) is 1. The van der Waals surface area contributed by atoms with E-state index in [0.29, 0.717) is 24.8 Å². The second kappa shape index (κ2) is 6.52. The van der Waals surface area contributed by atoms with Crippen LogP contribution in [0.4, 0.5) is 0 Å². The Balaban J connectivity index is 1.85. The summed E-state index contributed by atoms with van der Waals surface area (Å²) < 4.78 is 8.91. The van der Waals surface area contributed by atoms with Crippen molar-refractivity contribution in [3.63, 3.8) is 0 Å². The number of hydrogen-bond acceptors (Lipinski definition) is 5. The standard InChI is InChI=1S/C18H19N5O2/c1-2-25-17(24)16-14-12-19-9-8-15(14)23(21-16)18-20-10-11-22(18)13-6-4-3-5-7-13/h3-7,10-11,19H,2,8-9,12H2,1H3. The highest BCUT2D eigenvalue weighted by Gasteiger charge is 2.27. The van der Waals surface area contributed by atoms with Crippen LogP contribution >= 0.6 is 0 Å². The van der Waals surface area contributed by atoms with E-state index in [1.807, 2.05) is 41.1 Å². The lowest BCUT2D eigenvalue weighted by atomic mass is 10.1. The van der Waals surface area contributed by atoms with E-state index in [0.717, 1.165) is 29.9 Å². The number of esters is 1. The van der Waals surface area contributed by atoms with Crippen molar-refractivity contribution in [1.29, 1.82) is 0 Å². The Morgan fingerprint density at radius 3 is 2.96 bits per heavy atom. The second-order valence-electron chi connectivity index (χ2n) is 5.77. The van der Waals surface area contributed by atoms with Crippen LogP contribution in [-0.2, 0) is 17.7 Å². The van der Waals surface area contributed by atoms with Crippen LogP contribution in [0, 0.1) is 0 Å². The zero-order valence-corrected chi connectivity index (χ0v) is 14.0. The summed E-state index contributed by atoms with van der Waals surface area (Å²) in [5.41, 5.74) is 3.26. The van der Waals surface area contributed by atoms with E-state index in [4.69, 9.17) is 4.74 Å². The minimum absolute atomic E-state index is 0.326. The van der Waals surface area contributed by atoms with E-state index in [-0.39, 0.29) is 5.97 Å². The summed E-state index contributed by atoms with van der Waals surface area (Å²) in [6.07, 6.45) is 4.41. The summed E-state index contributed by atoms with van der Waals surface area (Å²) in [4.78, 5) is 16.8. The van der Waals surface area contributed by atoms with Gasteiger partial charge in [0.05, 0.1) is 12.3 Å². The predicted molar refractivity (Wildman–Crippen MR) is 92.1 cm³/mol. The normalized spacial score (nSPS) is 13.5. The zero-order valence-electron chi connectivity index (χ0n) is 14.0. The average Bonchev–Trinajstić information content (AvgIpc) is 3.27. The molecule has 25 heavy (non-hydrogen) atoms. The first-order valence-electron chi connectivity index (χ1n) is 8.37. The fourth-order valence-corrected chi connectivity index (χ4v) is 3.12. The molecule has 0 bridgehead atoms. The van der Waals surface area contributed by atoms with Gasteiger partial charge in [-0.1, -0.05) is 18.2 Å². The number of carbonyl (C=O) groups is 1.